The molecule has 0 spiro atoms. The maximum absolute atomic E-state index is 13.4. The number of rotatable bonds is 3. The van der Waals surface area contributed by atoms with Gasteiger partial charge >= 0.3 is 17.9 Å². The second-order valence-electron chi connectivity index (χ2n) is 8.18. The molecule has 10 nitrogen and oxygen atoms in total. The zero-order valence-electron chi connectivity index (χ0n) is 22.2. The molecular weight excluding hydrogens is 628 g/mol. The fraction of sp³-hybridized carbons (Fsp3) is 0.154. The summed E-state index contributed by atoms with van der Waals surface area (Å²) in [4.78, 5) is 33.1. The van der Waals surface area contributed by atoms with Crippen LogP contribution in [-0.2, 0) is 9.47 Å². The molecule has 0 atom stereocenters. The van der Waals surface area contributed by atoms with Crippen LogP contribution in [0.4, 0.5) is 24.5 Å². The highest BCUT2D eigenvalue weighted by Crippen LogP contribution is 2.29. The number of ether oxygens (including phenoxy) is 2. The third kappa shape index (κ3) is 7.16. The van der Waals surface area contributed by atoms with E-state index in [0.29, 0.717) is 0 Å². The van der Waals surface area contributed by atoms with Crippen molar-refractivity contribution in [1.82, 2.24) is 10.2 Å². The Kier molecular flexibility index (Phi) is 11.4. The first kappa shape index (κ1) is 34.0. The summed E-state index contributed by atoms with van der Waals surface area (Å²) in [7, 11) is 2.45. The van der Waals surface area contributed by atoms with Gasteiger partial charge in [0, 0.05) is 11.1 Å². The molecule has 6 N–H and O–H groups in total. The normalized spacial score (nSPS) is 10.2. The number of carbonyl (C=O) groups excluding carboxylic acids is 2. The van der Waals surface area contributed by atoms with Crippen LogP contribution in [0.25, 0.3) is 10.9 Å². The minimum absolute atomic E-state index is 0.0544. The van der Waals surface area contributed by atoms with Crippen molar-refractivity contribution in [2.24, 2.45) is 0 Å². The topological polar surface area (TPSA) is 171 Å². The van der Waals surface area contributed by atoms with Crippen molar-refractivity contribution in [2.75, 3.05) is 25.7 Å². The molecule has 4 aromatic rings. The quantitative estimate of drug-likeness (QED) is 0.145. The van der Waals surface area contributed by atoms with Gasteiger partial charge in [-0.25, -0.2) is 27.6 Å². The minimum atomic E-state index is -1.22. The average Bonchev–Trinajstić information content (AvgIpc) is 3.46. The van der Waals surface area contributed by atoms with Gasteiger partial charge in [-0.2, -0.15) is 5.10 Å². The predicted molar refractivity (Wildman–Crippen MR) is 152 cm³/mol. The molecule has 0 bridgehead atoms. The monoisotopic (exact) mass is 648 g/mol. The van der Waals surface area contributed by atoms with Gasteiger partial charge in [0.25, 0.3) is 0 Å². The number of anilines is 2. The number of hydrogen-bond donors (Lipinski definition) is 4. The highest BCUT2D eigenvalue weighted by atomic mass is 35.5. The highest BCUT2D eigenvalue weighted by Gasteiger charge is 2.19. The molecule has 42 heavy (non-hydrogen) atoms. The SMILES string of the molecule is COC(=O)c1cc(Cl)c(F)c(C)c1N.COC(=O)c1cc(Cl)c(F)c2cn[nH]c12.Cc1c(N)c(C(=O)O)cc(Cl)c1F. The maximum atomic E-state index is 13.4. The number of carboxylic acid groups (broad SMARTS) is 1. The number of H-pyrrole nitrogens is 1. The molecule has 0 aliphatic carbocycles. The first-order chi connectivity index (χ1) is 19.6. The van der Waals surface area contributed by atoms with Crippen molar-refractivity contribution in [3.05, 3.63) is 84.7 Å². The standard InChI is InChI=1S/C9H6ClFN2O2.C9H9ClFNO2.C8H7ClFNO2/c1-15-9(14)4-2-6(10)7(11)5-3-12-13-8(4)5;1-4-7(11)6(10)3-5(8(4)12)9(13)14-2;1-3-6(10)5(9)2-4(7(3)11)8(12)13/h2-3H,1H3,(H,12,13);3H,12H2,1-2H3;2H,11H2,1H3,(H,12,13). The van der Waals surface area contributed by atoms with Crippen molar-refractivity contribution in [3.63, 3.8) is 0 Å². The first-order valence-electron chi connectivity index (χ1n) is 11.3. The van der Waals surface area contributed by atoms with E-state index in [1.54, 1.807) is 0 Å². The average molecular weight is 650 g/mol. The number of hydrogen-bond acceptors (Lipinski definition) is 8. The number of fused-ring (bicyclic) bond motifs is 1. The molecule has 224 valence electrons. The van der Waals surface area contributed by atoms with Gasteiger partial charge in [-0.1, -0.05) is 34.8 Å². The summed E-state index contributed by atoms with van der Waals surface area (Å²) in [6.45, 7) is 2.83. The number of carbonyl (C=O) groups is 3. The molecule has 3 aromatic carbocycles. The van der Waals surface area contributed by atoms with Crippen LogP contribution in [0.1, 0.15) is 42.2 Å². The first-order valence-corrected chi connectivity index (χ1v) is 12.4. The molecule has 0 radical (unpaired) electrons. The molecule has 0 saturated carbocycles. The number of aromatic carboxylic acids is 1. The Balaban J connectivity index is 0.000000221. The molecule has 1 aromatic heterocycles. The molecule has 0 amide bonds. The molecule has 0 aliphatic heterocycles. The molecule has 16 heteroatoms. The fourth-order valence-corrected chi connectivity index (χ4v) is 4.02. The third-order valence-electron chi connectivity index (χ3n) is 5.68. The molecule has 1 heterocycles. The molecule has 0 fully saturated rings. The Morgan fingerprint density at radius 2 is 1.19 bits per heavy atom. The van der Waals surface area contributed by atoms with E-state index in [4.69, 9.17) is 51.4 Å². The summed E-state index contributed by atoms with van der Waals surface area (Å²) in [5.41, 5.74) is 11.4. The van der Waals surface area contributed by atoms with Crippen molar-refractivity contribution >= 4 is 75.0 Å². The minimum Gasteiger partial charge on any atom is -0.478 e. The van der Waals surface area contributed by atoms with Gasteiger partial charge in [-0.05, 0) is 32.0 Å². The predicted octanol–water partition coefficient (Wildman–Crippen LogP) is 6.37. The van der Waals surface area contributed by atoms with Crippen LogP contribution in [0.3, 0.4) is 0 Å². The van der Waals surface area contributed by atoms with Gasteiger partial charge in [0.2, 0.25) is 0 Å². The Labute approximate surface area is 251 Å². The van der Waals surface area contributed by atoms with Gasteiger partial charge in [0.05, 0.1) is 74.5 Å². The number of methoxy groups -OCH3 is 2. The van der Waals surface area contributed by atoms with Crippen LogP contribution in [0.15, 0.2) is 24.4 Å². The van der Waals surface area contributed by atoms with Crippen LogP contribution >= 0.6 is 34.8 Å². The summed E-state index contributed by atoms with van der Waals surface area (Å²) in [5.74, 6) is -4.34. The molecule has 4 rings (SSSR count). The smallest absolute Gasteiger partial charge is 0.340 e. The number of nitrogens with one attached hydrogen (secondary N) is 1. The lowest BCUT2D eigenvalue weighted by molar-refractivity contribution is 0.0593. The lowest BCUT2D eigenvalue weighted by Gasteiger charge is -2.08. The van der Waals surface area contributed by atoms with E-state index in [9.17, 15) is 27.6 Å². The summed E-state index contributed by atoms with van der Waals surface area (Å²) in [6.07, 6.45) is 1.27. The lowest BCUT2D eigenvalue weighted by Crippen LogP contribution is -2.08. The number of nitrogen functional groups attached to an aromatic ring is 2. The third-order valence-corrected chi connectivity index (χ3v) is 6.50. The number of nitrogens with two attached hydrogens (primary N) is 2. The van der Waals surface area contributed by atoms with Crippen LogP contribution in [-0.4, -0.2) is 47.4 Å². The van der Waals surface area contributed by atoms with Gasteiger partial charge in [-0.3, -0.25) is 5.10 Å². The Hall–Kier alpha value is -4.20. The van der Waals surface area contributed by atoms with Gasteiger partial charge in [-0.15, -0.1) is 0 Å². The van der Waals surface area contributed by atoms with E-state index < -0.39 is 35.4 Å². The number of benzene rings is 3. The Morgan fingerprint density at radius 1 is 0.786 bits per heavy atom. The largest absolute Gasteiger partial charge is 0.478 e. The van der Waals surface area contributed by atoms with Crippen LogP contribution < -0.4 is 11.5 Å². The molecule has 0 aliphatic rings. The molecular formula is C26H22Cl3F3N4O6. The highest BCUT2D eigenvalue weighted by molar-refractivity contribution is 6.32. The van der Waals surface area contributed by atoms with Crippen molar-refractivity contribution < 1.29 is 42.1 Å². The van der Waals surface area contributed by atoms with Gasteiger partial charge in [0.15, 0.2) is 5.82 Å². The number of halogens is 6. The number of aromatic amines is 1. The number of aromatic nitrogens is 2. The van der Waals surface area contributed by atoms with E-state index in [-0.39, 0.29) is 65.2 Å². The van der Waals surface area contributed by atoms with E-state index >= 15 is 0 Å². The Bertz CT molecular complexity index is 1700. The van der Waals surface area contributed by atoms with Crippen molar-refractivity contribution in [1.29, 1.82) is 0 Å². The van der Waals surface area contributed by atoms with Gasteiger partial charge in [0.1, 0.15) is 11.6 Å². The van der Waals surface area contributed by atoms with E-state index in [1.807, 2.05) is 0 Å². The molecule has 0 saturated heterocycles. The summed E-state index contributed by atoms with van der Waals surface area (Å²) >= 11 is 16.6. The Morgan fingerprint density at radius 3 is 1.67 bits per heavy atom. The summed E-state index contributed by atoms with van der Waals surface area (Å²) < 4.78 is 48.6. The van der Waals surface area contributed by atoms with Crippen LogP contribution in [0, 0.1) is 31.3 Å². The van der Waals surface area contributed by atoms with Crippen molar-refractivity contribution in [3.8, 4) is 0 Å². The second kappa shape index (κ2) is 14.1. The number of esters is 2. The fourth-order valence-electron chi connectivity index (χ4n) is 3.31. The van der Waals surface area contributed by atoms with Crippen LogP contribution in [0.2, 0.25) is 15.1 Å². The van der Waals surface area contributed by atoms with Crippen molar-refractivity contribution in [2.45, 2.75) is 13.8 Å². The van der Waals surface area contributed by atoms with E-state index in [1.165, 1.54) is 40.3 Å². The summed E-state index contributed by atoms with van der Waals surface area (Å²) in [6, 6.07) is 3.37. The number of carboxylic acids is 1. The second-order valence-corrected chi connectivity index (χ2v) is 9.41. The van der Waals surface area contributed by atoms with E-state index in [0.717, 1.165) is 12.1 Å². The lowest BCUT2D eigenvalue weighted by atomic mass is 10.1. The summed E-state index contributed by atoms with van der Waals surface area (Å²) in [5, 5.41) is 14.5. The zero-order chi connectivity index (χ0) is 32.0. The zero-order valence-corrected chi connectivity index (χ0v) is 24.4. The van der Waals surface area contributed by atoms with Crippen LogP contribution in [0.5, 0.6) is 0 Å². The maximum Gasteiger partial charge on any atom is 0.340 e. The van der Waals surface area contributed by atoms with Gasteiger partial charge < -0.3 is 26.0 Å². The number of nitrogens with zero attached hydrogens (tertiary/aromatic N) is 1. The molecule has 0 unspecified atom stereocenters. The van der Waals surface area contributed by atoms with E-state index in [2.05, 4.69) is 19.7 Å².